The second-order valence-electron chi connectivity index (χ2n) is 4.88. The van der Waals surface area contributed by atoms with Gasteiger partial charge in [0, 0.05) is 30.4 Å². The van der Waals surface area contributed by atoms with Crippen molar-refractivity contribution in [2.24, 2.45) is 10.9 Å². The summed E-state index contributed by atoms with van der Waals surface area (Å²) in [6.07, 6.45) is 1.19. The molecule has 1 fully saturated rings. The average molecular weight is 248 g/mol. The zero-order valence-electron chi connectivity index (χ0n) is 10.9. The topological polar surface area (TPSA) is 65.1 Å². The van der Waals surface area contributed by atoms with Gasteiger partial charge >= 0.3 is 0 Å². The van der Waals surface area contributed by atoms with Gasteiger partial charge in [0.15, 0.2) is 5.84 Å². The normalized spacial score (nSPS) is 20.7. The van der Waals surface area contributed by atoms with Gasteiger partial charge in [0.1, 0.15) is 0 Å². The van der Waals surface area contributed by atoms with Crippen LogP contribution in [0.3, 0.4) is 0 Å². The zero-order chi connectivity index (χ0) is 13.1. The second-order valence-corrected chi connectivity index (χ2v) is 4.88. The van der Waals surface area contributed by atoms with Crippen LogP contribution in [0.1, 0.15) is 12.0 Å². The Kier molecular flexibility index (Phi) is 3.72. The summed E-state index contributed by atoms with van der Waals surface area (Å²) >= 11 is 0. The van der Waals surface area contributed by atoms with Crippen molar-refractivity contribution in [1.82, 2.24) is 4.90 Å². The van der Waals surface area contributed by atoms with Crippen molar-refractivity contribution >= 4 is 11.5 Å². The highest BCUT2D eigenvalue weighted by atomic mass is 16.4. The molecule has 0 spiro atoms. The van der Waals surface area contributed by atoms with Gasteiger partial charge < -0.3 is 20.7 Å². The molecule has 1 aromatic carbocycles. The van der Waals surface area contributed by atoms with Crippen LogP contribution in [0.25, 0.3) is 0 Å². The zero-order valence-corrected chi connectivity index (χ0v) is 10.9. The van der Waals surface area contributed by atoms with Crippen LogP contribution in [-0.4, -0.2) is 49.2 Å². The summed E-state index contributed by atoms with van der Waals surface area (Å²) in [5, 5.41) is 11.6. The Bertz CT molecular complexity index is 427. The van der Waals surface area contributed by atoms with E-state index in [0.717, 1.165) is 18.7 Å². The van der Waals surface area contributed by atoms with Gasteiger partial charge in [0.05, 0.1) is 0 Å². The Balaban J connectivity index is 2.07. The highest BCUT2D eigenvalue weighted by molar-refractivity contribution is 5.97. The molecule has 1 saturated heterocycles. The van der Waals surface area contributed by atoms with E-state index in [9.17, 15) is 0 Å². The molecule has 0 bridgehead atoms. The molecule has 0 amide bonds. The van der Waals surface area contributed by atoms with E-state index in [1.807, 2.05) is 24.3 Å². The summed E-state index contributed by atoms with van der Waals surface area (Å²) in [6.45, 7) is 2.13. The van der Waals surface area contributed by atoms with Crippen molar-refractivity contribution < 1.29 is 5.21 Å². The lowest BCUT2D eigenvalue weighted by Gasteiger charge is -2.22. The molecule has 1 aliphatic rings. The van der Waals surface area contributed by atoms with Gasteiger partial charge in [-0.3, -0.25) is 0 Å². The molecule has 1 aromatic rings. The molecule has 0 aliphatic carbocycles. The second kappa shape index (κ2) is 5.27. The molecule has 1 aliphatic heterocycles. The SMILES string of the molecule is CN(C)C1CCN(c2ccc(/C(N)=N/O)cc2)C1. The molecule has 98 valence electrons. The fraction of sp³-hybridized carbons (Fsp3) is 0.462. The first-order valence-corrected chi connectivity index (χ1v) is 6.11. The molecule has 1 heterocycles. The van der Waals surface area contributed by atoms with Crippen LogP contribution in [0.2, 0.25) is 0 Å². The largest absolute Gasteiger partial charge is 0.409 e. The lowest BCUT2D eigenvalue weighted by Crippen LogP contribution is -2.31. The van der Waals surface area contributed by atoms with Crippen molar-refractivity contribution in [2.45, 2.75) is 12.5 Å². The summed E-state index contributed by atoms with van der Waals surface area (Å²) in [4.78, 5) is 4.63. The van der Waals surface area contributed by atoms with E-state index in [0.29, 0.717) is 6.04 Å². The minimum atomic E-state index is 0.147. The lowest BCUT2D eigenvalue weighted by atomic mass is 10.2. The molecule has 0 saturated carbocycles. The quantitative estimate of drug-likeness (QED) is 0.361. The third kappa shape index (κ3) is 2.56. The van der Waals surface area contributed by atoms with Crippen LogP contribution in [0, 0.1) is 0 Å². The number of anilines is 1. The standard InChI is InChI=1S/C13H20N4O/c1-16(2)12-7-8-17(9-12)11-5-3-10(4-6-11)13(14)15-18/h3-6,12,18H,7-9H2,1-2H3,(H2,14,15). The third-order valence-corrected chi connectivity index (χ3v) is 3.53. The van der Waals surface area contributed by atoms with Gasteiger partial charge in [-0.05, 0) is 44.8 Å². The summed E-state index contributed by atoms with van der Waals surface area (Å²) in [5.74, 6) is 0.147. The number of hydrogen-bond acceptors (Lipinski definition) is 4. The van der Waals surface area contributed by atoms with E-state index in [4.69, 9.17) is 10.9 Å². The first-order valence-electron chi connectivity index (χ1n) is 6.11. The smallest absolute Gasteiger partial charge is 0.170 e. The Hall–Kier alpha value is -1.75. The van der Waals surface area contributed by atoms with E-state index >= 15 is 0 Å². The van der Waals surface area contributed by atoms with Crippen molar-refractivity contribution in [3.63, 3.8) is 0 Å². The van der Waals surface area contributed by atoms with E-state index in [1.54, 1.807) is 0 Å². The highest BCUT2D eigenvalue weighted by Gasteiger charge is 2.23. The maximum Gasteiger partial charge on any atom is 0.170 e. The molecular weight excluding hydrogens is 228 g/mol. The first-order chi connectivity index (χ1) is 8.61. The lowest BCUT2D eigenvalue weighted by molar-refractivity contribution is 0.315. The van der Waals surface area contributed by atoms with Crippen LogP contribution in [-0.2, 0) is 0 Å². The molecule has 3 N–H and O–H groups in total. The Morgan fingerprint density at radius 2 is 2.06 bits per heavy atom. The number of hydrogen-bond donors (Lipinski definition) is 2. The van der Waals surface area contributed by atoms with Crippen LogP contribution < -0.4 is 10.6 Å². The minimum absolute atomic E-state index is 0.147. The molecule has 1 atom stereocenters. The maximum atomic E-state index is 8.61. The Morgan fingerprint density at radius 1 is 1.39 bits per heavy atom. The Labute approximate surface area is 107 Å². The van der Waals surface area contributed by atoms with Crippen LogP contribution in [0.15, 0.2) is 29.4 Å². The molecule has 5 heteroatoms. The fourth-order valence-corrected chi connectivity index (χ4v) is 2.30. The summed E-state index contributed by atoms with van der Waals surface area (Å²) in [6, 6.07) is 8.42. The number of benzene rings is 1. The predicted molar refractivity (Wildman–Crippen MR) is 73.3 cm³/mol. The van der Waals surface area contributed by atoms with Crippen LogP contribution in [0.5, 0.6) is 0 Å². The number of oxime groups is 1. The molecule has 5 nitrogen and oxygen atoms in total. The maximum absolute atomic E-state index is 8.61. The first kappa shape index (κ1) is 12.7. The van der Waals surface area contributed by atoms with E-state index < -0.39 is 0 Å². The number of likely N-dealkylation sites (N-methyl/N-ethyl adjacent to an activating group) is 1. The monoisotopic (exact) mass is 248 g/mol. The molecule has 0 radical (unpaired) electrons. The van der Waals surface area contributed by atoms with E-state index in [-0.39, 0.29) is 5.84 Å². The van der Waals surface area contributed by atoms with Gasteiger partial charge in [-0.15, -0.1) is 0 Å². The van der Waals surface area contributed by atoms with Gasteiger partial charge in [0.25, 0.3) is 0 Å². The average Bonchev–Trinajstić information content (AvgIpc) is 2.88. The van der Waals surface area contributed by atoms with Crippen molar-refractivity contribution in [3.8, 4) is 0 Å². The molecule has 18 heavy (non-hydrogen) atoms. The summed E-state index contributed by atoms with van der Waals surface area (Å²) < 4.78 is 0. The minimum Gasteiger partial charge on any atom is -0.409 e. The molecule has 1 unspecified atom stereocenters. The molecule has 2 rings (SSSR count). The summed E-state index contributed by atoms with van der Waals surface area (Å²) in [5.41, 5.74) is 7.47. The van der Waals surface area contributed by atoms with Crippen molar-refractivity contribution in [3.05, 3.63) is 29.8 Å². The number of amidine groups is 1. The number of rotatable bonds is 3. The van der Waals surface area contributed by atoms with Gasteiger partial charge in [-0.2, -0.15) is 0 Å². The molecule has 0 aromatic heterocycles. The van der Waals surface area contributed by atoms with Gasteiger partial charge in [0.2, 0.25) is 0 Å². The highest BCUT2D eigenvalue weighted by Crippen LogP contribution is 2.22. The van der Waals surface area contributed by atoms with Crippen LogP contribution in [0.4, 0.5) is 5.69 Å². The molecular formula is C13H20N4O. The van der Waals surface area contributed by atoms with Crippen molar-refractivity contribution in [1.29, 1.82) is 0 Å². The van der Waals surface area contributed by atoms with Crippen molar-refractivity contribution in [2.75, 3.05) is 32.1 Å². The van der Waals surface area contributed by atoms with E-state index in [2.05, 4.69) is 29.1 Å². The predicted octanol–water partition coefficient (Wildman–Crippen LogP) is 0.921. The number of nitrogens with zero attached hydrogens (tertiary/aromatic N) is 3. The number of nitrogens with two attached hydrogens (primary N) is 1. The third-order valence-electron chi connectivity index (χ3n) is 3.53. The van der Waals surface area contributed by atoms with Gasteiger partial charge in [-0.25, -0.2) is 0 Å². The van der Waals surface area contributed by atoms with Crippen LogP contribution >= 0.6 is 0 Å². The Morgan fingerprint density at radius 3 is 2.56 bits per heavy atom. The van der Waals surface area contributed by atoms with Gasteiger partial charge in [-0.1, -0.05) is 5.16 Å². The summed E-state index contributed by atoms with van der Waals surface area (Å²) in [7, 11) is 4.24. The van der Waals surface area contributed by atoms with E-state index in [1.165, 1.54) is 12.1 Å². The fourth-order valence-electron chi connectivity index (χ4n) is 2.30.